The van der Waals surface area contributed by atoms with Gasteiger partial charge in [0.2, 0.25) is 0 Å². The van der Waals surface area contributed by atoms with Crippen LogP contribution in [0.3, 0.4) is 0 Å². The summed E-state index contributed by atoms with van der Waals surface area (Å²) in [7, 11) is 0. The highest BCUT2D eigenvalue weighted by molar-refractivity contribution is 5.00. The van der Waals surface area contributed by atoms with E-state index < -0.39 is 0 Å². The molecule has 2 aliphatic rings. The van der Waals surface area contributed by atoms with Crippen molar-refractivity contribution in [1.82, 2.24) is 0 Å². The molecular weight excluding hydrogens is 150 g/mol. The minimum atomic E-state index is 0.523. The molecule has 2 heteroatoms. The van der Waals surface area contributed by atoms with Gasteiger partial charge in [-0.1, -0.05) is 0 Å². The minimum absolute atomic E-state index is 0.523. The molecule has 1 atom stereocenters. The molecule has 2 nitrogen and oxygen atoms in total. The zero-order valence-electron chi connectivity index (χ0n) is 7.72. The molecule has 12 heavy (non-hydrogen) atoms. The molecule has 0 amide bonds. The van der Waals surface area contributed by atoms with E-state index in [4.69, 9.17) is 10.5 Å². The molecule has 1 saturated heterocycles. The Hall–Kier alpha value is -0.0800. The van der Waals surface area contributed by atoms with Crippen LogP contribution in [0.25, 0.3) is 0 Å². The summed E-state index contributed by atoms with van der Waals surface area (Å²) in [5.74, 6) is 0. The molecule has 2 rings (SSSR count). The first-order chi connectivity index (χ1) is 5.87. The van der Waals surface area contributed by atoms with E-state index in [0.29, 0.717) is 11.5 Å². The predicted molar refractivity (Wildman–Crippen MR) is 48.9 cm³/mol. The second kappa shape index (κ2) is 3.35. The monoisotopic (exact) mass is 169 g/mol. The first-order valence-electron chi connectivity index (χ1n) is 5.19. The molecule has 1 heterocycles. The molecule has 0 radical (unpaired) electrons. The van der Waals surface area contributed by atoms with Crippen LogP contribution in [0.2, 0.25) is 0 Å². The normalized spacial score (nSPS) is 33.2. The number of hydrogen-bond acceptors (Lipinski definition) is 2. The van der Waals surface area contributed by atoms with E-state index in [-0.39, 0.29) is 0 Å². The van der Waals surface area contributed by atoms with Gasteiger partial charge in [0.25, 0.3) is 0 Å². The van der Waals surface area contributed by atoms with Crippen LogP contribution >= 0.6 is 0 Å². The Morgan fingerprint density at radius 1 is 1.33 bits per heavy atom. The van der Waals surface area contributed by atoms with Gasteiger partial charge in [0.15, 0.2) is 0 Å². The van der Waals surface area contributed by atoms with Crippen LogP contribution in [0.1, 0.15) is 38.5 Å². The molecule has 1 aliphatic carbocycles. The van der Waals surface area contributed by atoms with Gasteiger partial charge in [0.1, 0.15) is 0 Å². The maximum absolute atomic E-state index is 5.80. The maximum Gasteiger partial charge on any atom is 0.0631 e. The van der Waals surface area contributed by atoms with E-state index in [0.717, 1.165) is 13.2 Å². The fourth-order valence-corrected chi connectivity index (χ4v) is 2.40. The lowest BCUT2D eigenvalue weighted by Gasteiger charge is -2.30. The predicted octanol–water partition coefficient (Wildman–Crippen LogP) is 1.68. The standard InChI is InChI=1S/C10H19NO/c11-7-6-10(4-5-10)9-3-1-2-8-12-9/h9H,1-8,11H2. The number of nitrogens with two attached hydrogens (primary N) is 1. The van der Waals surface area contributed by atoms with Crippen molar-refractivity contribution in [2.45, 2.75) is 44.6 Å². The smallest absolute Gasteiger partial charge is 0.0631 e. The Labute approximate surface area is 74.5 Å². The quantitative estimate of drug-likeness (QED) is 0.697. The first kappa shape index (κ1) is 8.52. The van der Waals surface area contributed by atoms with Crippen molar-refractivity contribution in [3.63, 3.8) is 0 Å². The number of hydrogen-bond donors (Lipinski definition) is 1. The molecule has 1 aliphatic heterocycles. The van der Waals surface area contributed by atoms with Crippen LogP contribution in [0.15, 0.2) is 0 Å². The third-order valence-electron chi connectivity index (χ3n) is 3.40. The third-order valence-corrected chi connectivity index (χ3v) is 3.40. The van der Waals surface area contributed by atoms with Crippen LogP contribution < -0.4 is 5.73 Å². The third kappa shape index (κ3) is 1.50. The van der Waals surface area contributed by atoms with Crippen LogP contribution in [-0.2, 0) is 4.74 Å². The van der Waals surface area contributed by atoms with Gasteiger partial charge in [0, 0.05) is 6.61 Å². The second-order valence-electron chi connectivity index (χ2n) is 4.26. The largest absolute Gasteiger partial charge is 0.378 e. The highest BCUT2D eigenvalue weighted by atomic mass is 16.5. The van der Waals surface area contributed by atoms with Gasteiger partial charge >= 0.3 is 0 Å². The Morgan fingerprint density at radius 3 is 2.67 bits per heavy atom. The van der Waals surface area contributed by atoms with Gasteiger partial charge in [-0.15, -0.1) is 0 Å². The highest BCUT2D eigenvalue weighted by Crippen LogP contribution is 2.54. The Morgan fingerprint density at radius 2 is 2.17 bits per heavy atom. The van der Waals surface area contributed by atoms with Gasteiger partial charge in [-0.05, 0) is 50.5 Å². The highest BCUT2D eigenvalue weighted by Gasteiger charge is 2.49. The fraction of sp³-hybridized carbons (Fsp3) is 1.00. The average Bonchev–Trinajstić information content (AvgIpc) is 2.88. The lowest BCUT2D eigenvalue weighted by Crippen LogP contribution is -2.30. The van der Waals surface area contributed by atoms with E-state index in [2.05, 4.69) is 0 Å². The summed E-state index contributed by atoms with van der Waals surface area (Å²) in [6, 6.07) is 0. The van der Waals surface area contributed by atoms with Gasteiger partial charge in [-0.3, -0.25) is 0 Å². The minimum Gasteiger partial charge on any atom is -0.378 e. The summed E-state index contributed by atoms with van der Waals surface area (Å²) < 4.78 is 5.80. The first-order valence-corrected chi connectivity index (χ1v) is 5.19. The molecule has 0 aromatic rings. The summed E-state index contributed by atoms with van der Waals surface area (Å²) in [6.45, 7) is 1.82. The zero-order valence-corrected chi connectivity index (χ0v) is 7.72. The van der Waals surface area contributed by atoms with E-state index in [1.807, 2.05) is 0 Å². The molecule has 2 fully saturated rings. The van der Waals surface area contributed by atoms with Crippen molar-refractivity contribution in [3.05, 3.63) is 0 Å². The van der Waals surface area contributed by atoms with Crippen molar-refractivity contribution in [2.75, 3.05) is 13.2 Å². The van der Waals surface area contributed by atoms with Crippen LogP contribution in [-0.4, -0.2) is 19.3 Å². The van der Waals surface area contributed by atoms with Crippen molar-refractivity contribution in [1.29, 1.82) is 0 Å². The topological polar surface area (TPSA) is 35.2 Å². The van der Waals surface area contributed by atoms with Crippen molar-refractivity contribution < 1.29 is 4.74 Å². The Bertz CT molecular complexity index is 148. The van der Waals surface area contributed by atoms with Gasteiger partial charge in [-0.2, -0.15) is 0 Å². The van der Waals surface area contributed by atoms with Gasteiger partial charge in [0.05, 0.1) is 6.10 Å². The summed E-state index contributed by atoms with van der Waals surface area (Å²) in [4.78, 5) is 0. The lowest BCUT2D eigenvalue weighted by atomic mass is 9.90. The van der Waals surface area contributed by atoms with E-state index in [1.165, 1.54) is 38.5 Å². The molecule has 0 spiro atoms. The molecule has 2 N–H and O–H groups in total. The molecule has 1 saturated carbocycles. The fourth-order valence-electron chi connectivity index (χ4n) is 2.40. The van der Waals surface area contributed by atoms with Crippen molar-refractivity contribution in [3.8, 4) is 0 Å². The van der Waals surface area contributed by atoms with Crippen LogP contribution in [0.4, 0.5) is 0 Å². The van der Waals surface area contributed by atoms with Crippen molar-refractivity contribution >= 4 is 0 Å². The number of rotatable bonds is 3. The Balaban J connectivity index is 1.88. The lowest BCUT2D eigenvalue weighted by molar-refractivity contribution is -0.0323. The summed E-state index contributed by atoms with van der Waals surface area (Å²) in [5, 5.41) is 0. The second-order valence-corrected chi connectivity index (χ2v) is 4.26. The summed E-state index contributed by atoms with van der Waals surface area (Å²) in [5.41, 5.74) is 6.13. The van der Waals surface area contributed by atoms with Gasteiger partial charge in [-0.25, -0.2) is 0 Å². The Kier molecular flexibility index (Phi) is 2.37. The molecule has 0 aromatic heterocycles. The molecule has 70 valence electrons. The van der Waals surface area contributed by atoms with E-state index in [1.54, 1.807) is 0 Å². The van der Waals surface area contributed by atoms with Crippen LogP contribution in [0, 0.1) is 5.41 Å². The summed E-state index contributed by atoms with van der Waals surface area (Å²) in [6.07, 6.45) is 8.34. The molecular formula is C10H19NO. The van der Waals surface area contributed by atoms with E-state index >= 15 is 0 Å². The molecule has 0 aromatic carbocycles. The maximum atomic E-state index is 5.80. The van der Waals surface area contributed by atoms with E-state index in [9.17, 15) is 0 Å². The SMILES string of the molecule is NCCC1(C2CCCCO2)CC1. The van der Waals surface area contributed by atoms with Gasteiger partial charge < -0.3 is 10.5 Å². The molecule has 0 bridgehead atoms. The summed E-state index contributed by atoms with van der Waals surface area (Å²) >= 11 is 0. The van der Waals surface area contributed by atoms with Crippen LogP contribution in [0.5, 0.6) is 0 Å². The average molecular weight is 169 g/mol. The van der Waals surface area contributed by atoms with Crippen molar-refractivity contribution in [2.24, 2.45) is 11.1 Å². The molecule has 1 unspecified atom stereocenters. The zero-order chi connectivity index (χ0) is 8.44. The number of ether oxygens (including phenoxy) is 1.